The smallest absolute Gasteiger partial charge is 0.130 e. The molecule has 0 aliphatic rings. The number of ether oxygens (including phenoxy) is 1. The maximum atomic E-state index is 5.87. The molecule has 0 fully saturated rings. The van der Waals surface area contributed by atoms with Crippen molar-refractivity contribution in [1.29, 1.82) is 0 Å². The highest BCUT2D eigenvalue weighted by Crippen LogP contribution is 2.27. The molecule has 17 heavy (non-hydrogen) atoms. The molecule has 0 amide bonds. The molecule has 1 nitrogen and oxygen atoms in total. The number of aryl methyl sites for hydroxylation is 1. The lowest BCUT2D eigenvalue weighted by molar-refractivity contribution is 0.478. The molecule has 88 valence electrons. The van der Waals surface area contributed by atoms with E-state index in [1.807, 2.05) is 30.3 Å². The fraction of sp³-hybridized carbons (Fsp3) is 0.143. The van der Waals surface area contributed by atoms with Crippen molar-refractivity contribution in [2.75, 3.05) is 0 Å². The maximum absolute atomic E-state index is 5.87. The lowest BCUT2D eigenvalue weighted by Crippen LogP contribution is -1.89. The third-order valence-electron chi connectivity index (χ3n) is 2.42. The normalized spacial score (nSPS) is 10.3. The second kappa shape index (κ2) is 5.87. The van der Waals surface area contributed by atoms with Crippen LogP contribution in [0.5, 0.6) is 11.5 Å². The van der Waals surface area contributed by atoms with Gasteiger partial charge in [-0.05, 0) is 64.9 Å². The van der Waals surface area contributed by atoms with Gasteiger partial charge in [0.1, 0.15) is 11.5 Å². The molecule has 0 unspecified atom stereocenters. The largest absolute Gasteiger partial charge is 0.457 e. The van der Waals surface area contributed by atoms with Gasteiger partial charge in [-0.25, -0.2) is 0 Å². The van der Waals surface area contributed by atoms with Crippen molar-refractivity contribution >= 4 is 38.5 Å². The molecule has 0 atom stereocenters. The average molecular weight is 403 g/mol. The van der Waals surface area contributed by atoms with E-state index >= 15 is 0 Å². The third kappa shape index (κ3) is 3.45. The Hall–Kier alpha value is -0.550. The van der Waals surface area contributed by atoms with Gasteiger partial charge in [0.25, 0.3) is 0 Å². The van der Waals surface area contributed by atoms with E-state index in [4.69, 9.17) is 4.74 Å². The van der Waals surface area contributed by atoms with Gasteiger partial charge in [-0.15, -0.1) is 0 Å². The van der Waals surface area contributed by atoms with Gasteiger partial charge >= 0.3 is 0 Å². The molecular formula is C14H12BrIO. The Bertz CT molecular complexity index is 525. The summed E-state index contributed by atoms with van der Waals surface area (Å²) in [6.45, 7) is 2.06. The standard InChI is InChI=1S/C14H12BrIO/c1-10-7-11(9-15)5-6-14(10)17-13-4-2-3-12(16)8-13/h2-8H,9H2,1H3. The number of benzene rings is 2. The summed E-state index contributed by atoms with van der Waals surface area (Å²) in [5, 5.41) is 0.872. The summed E-state index contributed by atoms with van der Waals surface area (Å²) < 4.78 is 7.05. The molecule has 0 spiro atoms. The first-order valence-corrected chi connectivity index (χ1v) is 7.48. The minimum absolute atomic E-state index is 0.872. The van der Waals surface area contributed by atoms with E-state index in [-0.39, 0.29) is 0 Å². The molecule has 0 aliphatic heterocycles. The van der Waals surface area contributed by atoms with E-state index in [1.54, 1.807) is 0 Å². The van der Waals surface area contributed by atoms with Crippen LogP contribution in [0.1, 0.15) is 11.1 Å². The molecule has 0 radical (unpaired) electrons. The van der Waals surface area contributed by atoms with Gasteiger partial charge in [-0.2, -0.15) is 0 Å². The molecule has 0 bridgehead atoms. The predicted molar refractivity (Wildman–Crippen MR) is 83.0 cm³/mol. The Labute approximate surface area is 123 Å². The van der Waals surface area contributed by atoms with Crippen molar-refractivity contribution < 1.29 is 4.74 Å². The van der Waals surface area contributed by atoms with Gasteiger partial charge in [0.15, 0.2) is 0 Å². The highest BCUT2D eigenvalue weighted by Gasteiger charge is 2.02. The van der Waals surface area contributed by atoms with Gasteiger partial charge < -0.3 is 4.74 Å². The number of alkyl halides is 1. The van der Waals surface area contributed by atoms with E-state index < -0.39 is 0 Å². The van der Waals surface area contributed by atoms with E-state index in [9.17, 15) is 0 Å². The van der Waals surface area contributed by atoms with Gasteiger partial charge in [0.2, 0.25) is 0 Å². The highest BCUT2D eigenvalue weighted by molar-refractivity contribution is 14.1. The number of hydrogen-bond donors (Lipinski definition) is 0. The van der Waals surface area contributed by atoms with Gasteiger partial charge in [0.05, 0.1) is 0 Å². The van der Waals surface area contributed by atoms with Gasteiger partial charge in [0, 0.05) is 8.90 Å². The van der Waals surface area contributed by atoms with Crippen LogP contribution in [-0.2, 0) is 5.33 Å². The third-order valence-corrected chi connectivity index (χ3v) is 3.74. The molecule has 2 aromatic carbocycles. The Morgan fingerprint density at radius 2 is 2.00 bits per heavy atom. The fourth-order valence-electron chi connectivity index (χ4n) is 1.57. The lowest BCUT2D eigenvalue weighted by Gasteiger charge is -2.09. The first-order valence-electron chi connectivity index (χ1n) is 5.28. The Morgan fingerprint density at radius 1 is 1.18 bits per heavy atom. The average Bonchev–Trinajstić information content (AvgIpc) is 2.32. The summed E-state index contributed by atoms with van der Waals surface area (Å²) in [4.78, 5) is 0. The van der Waals surface area contributed by atoms with E-state index in [2.05, 4.69) is 57.6 Å². The van der Waals surface area contributed by atoms with E-state index in [0.717, 1.165) is 22.4 Å². The molecule has 2 rings (SSSR count). The van der Waals surface area contributed by atoms with Crippen molar-refractivity contribution in [2.45, 2.75) is 12.3 Å². The van der Waals surface area contributed by atoms with Crippen LogP contribution < -0.4 is 4.74 Å². The highest BCUT2D eigenvalue weighted by atomic mass is 127. The van der Waals surface area contributed by atoms with Gasteiger partial charge in [-0.1, -0.05) is 34.1 Å². The molecule has 3 heteroatoms. The summed E-state index contributed by atoms with van der Waals surface area (Å²) >= 11 is 5.73. The Kier molecular flexibility index (Phi) is 4.45. The van der Waals surface area contributed by atoms with Crippen molar-refractivity contribution in [3.05, 3.63) is 57.2 Å². The van der Waals surface area contributed by atoms with Crippen LogP contribution in [0.15, 0.2) is 42.5 Å². The zero-order valence-corrected chi connectivity index (χ0v) is 13.2. The van der Waals surface area contributed by atoms with Crippen molar-refractivity contribution in [2.24, 2.45) is 0 Å². The molecular weight excluding hydrogens is 391 g/mol. The number of rotatable bonds is 3. The Balaban J connectivity index is 2.24. The van der Waals surface area contributed by atoms with Crippen LogP contribution in [0.3, 0.4) is 0 Å². The van der Waals surface area contributed by atoms with Crippen LogP contribution in [0.4, 0.5) is 0 Å². The van der Waals surface area contributed by atoms with E-state index in [1.165, 1.54) is 9.13 Å². The summed E-state index contributed by atoms with van der Waals surface area (Å²) in [6, 6.07) is 14.3. The molecule has 2 aromatic rings. The molecule has 0 N–H and O–H groups in total. The van der Waals surface area contributed by atoms with Crippen molar-refractivity contribution in [3.63, 3.8) is 0 Å². The minimum Gasteiger partial charge on any atom is -0.457 e. The second-order valence-corrected chi connectivity index (χ2v) is 5.60. The molecule has 0 heterocycles. The topological polar surface area (TPSA) is 9.23 Å². The van der Waals surface area contributed by atoms with Crippen LogP contribution in [0.25, 0.3) is 0 Å². The monoisotopic (exact) mass is 402 g/mol. The van der Waals surface area contributed by atoms with Gasteiger partial charge in [-0.3, -0.25) is 0 Å². The summed E-state index contributed by atoms with van der Waals surface area (Å²) in [5.74, 6) is 1.79. The van der Waals surface area contributed by atoms with Crippen LogP contribution in [0.2, 0.25) is 0 Å². The lowest BCUT2D eigenvalue weighted by atomic mass is 10.1. The van der Waals surface area contributed by atoms with Crippen molar-refractivity contribution in [1.82, 2.24) is 0 Å². The van der Waals surface area contributed by atoms with E-state index in [0.29, 0.717) is 0 Å². The molecule has 0 aliphatic carbocycles. The summed E-state index contributed by atoms with van der Waals surface area (Å²) in [7, 11) is 0. The van der Waals surface area contributed by atoms with Crippen LogP contribution in [0, 0.1) is 10.5 Å². The van der Waals surface area contributed by atoms with Crippen LogP contribution in [-0.4, -0.2) is 0 Å². The zero-order chi connectivity index (χ0) is 12.3. The van der Waals surface area contributed by atoms with Crippen molar-refractivity contribution in [3.8, 4) is 11.5 Å². The number of hydrogen-bond acceptors (Lipinski definition) is 1. The summed E-state index contributed by atoms with van der Waals surface area (Å²) in [6.07, 6.45) is 0. The fourth-order valence-corrected chi connectivity index (χ4v) is 2.43. The molecule has 0 aromatic heterocycles. The Morgan fingerprint density at radius 3 is 2.65 bits per heavy atom. The predicted octanol–water partition coefficient (Wildman–Crippen LogP) is 5.29. The summed E-state index contributed by atoms with van der Waals surface area (Å²) in [5.41, 5.74) is 2.42. The molecule has 0 saturated heterocycles. The molecule has 0 saturated carbocycles. The second-order valence-electron chi connectivity index (χ2n) is 3.79. The minimum atomic E-state index is 0.872. The number of halogens is 2. The maximum Gasteiger partial charge on any atom is 0.130 e. The quantitative estimate of drug-likeness (QED) is 0.500. The first kappa shape index (κ1) is 12.9. The SMILES string of the molecule is Cc1cc(CBr)ccc1Oc1cccc(I)c1. The zero-order valence-electron chi connectivity index (χ0n) is 9.41. The first-order chi connectivity index (χ1) is 8.19. The van der Waals surface area contributed by atoms with Crippen LogP contribution >= 0.6 is 38.5 Å².